The standard InChI is InChI=1S/C17H16N4.ClH/c1-2-4-15(5-3-1)21-11-14-10-13(17-18-8-9-19-17)6-7-16(14)20-12-21;/h1-9,12-13H,10-11H2,(H,18,19);1H. The molecule has 1 atom stereocenters. The number of para-hydroxylation sites is 1. The van der Waals surface area contributed by atoms with E-state index in [-0.39, 0.29) is 12.4 Å². The molecule has 1 aliphatic heterocycles. The van der Waals surface area contributed by atoms with Gasteiger partial charge in [0.05, 0.1) is 12.0 Å². The molecule has 0 saturated heterocycles. The average molecular weight is 313 g/mol. The molecule has 0 bridgehead atoms. The van der Waals surface area contributed by atoms with Gasteiger partial charge in [-0.2, -0.15) is 0 Å². The largest absolute Gasteiger partial charge is 0.348 e. The summed E-state index contributed by atoms with van der Waals surface area (Å²) in [6, 6.07) is 10.4. The highest BCUT2D eigenvalue weighted by molar-refractivity contribution is 5.85. The number of allylic oxidation sites excluding steroid dienone is 2. The van der Waals surface area contributed by atoms with Gasteiger partial charge >= 0.3 is 0 Å². The van der Waals surface area contributed by atoms with Crippen molar-refractivity contribution in [2.75, 3.05) is 11.4 Å². The summed E-state index contributed by atoms with van der Waals surface area (Å²) >= 11 is 0. The third kappa shape index (κ3) is 2.70. The SMILES string of the molecule is C1=CC(c2ncc[nH]2)CC2=C1N=CN(c1ccccc1)C2.Cl. The molecule has 22 heavy (non-hydrogen) atoms. The van der Waals surface area contributed by atoms with Gasteiger partial charge in [0, 0.05) is 30.5 Å². The van der Waals surface area contributed by atoms with Crippen LogP contribution in [0.15, 0.2) is 71.1 Å². The lowest BCUT2D eigenvalue weighted by Crippen LogP contribution is -2.29. The molecule has 1 aromatic carbocycles. The fourth-order valence-corrected chi connectivity index (χ4v) is 2.87. The number of aromatic amines is 1. The number of imidazole rings is 1. The molecule has 112 valence electrons. The lowest BCUT2D eigenvalue weighted by atomic mass is 9.91. The van der Waals surface area contributed by atoms with Crippen molar-refractivity contribution in [3.8, 4) is 0 Å². The van der Waals surface area contributed by atoms with Crippen molar-refractivity contribution >= 4 is 24.4 Å². The maximum absolute atomic E-state index is 4.59. The summed E-state index contributed by atoms with van der Waals surface area (Å²) in [6.45, 7) is 0.893. The Bertz CT molecular complexity index is 716. The lowest BCUT2D eigenvalue weighted by Gasteiger charge is -2.29. The first-order valence-corrected chi connectivity index (χ1v) is 7.15. The molecular weight excluding hydrogens is 296 g/mol. The number of rotatable bonds is 2. The highest BCUT2D eigenvalue weighted by atomic mass is 35.5. The number of nitrogens with one attached hydrogen (secondary N) is 1. The topological polar surface area (TPSA) is 44.3 Å². The second kappa shape index (κ2) is 6.20. The van der Waals surface area contributed by atoms with E-state index in [1.807, 2.05) is 24.8 Å². The van der Waals surface area contributed by atoms with E-state index in [4.69, 9.17) is 0 Å². The predicted molar refractivity (Wildman–Crippen MR) is 91.6 cm³/mol. The summed E-state index contributed by atoms with van der Waals surface area (Å²) < 4.78 is 0. The summed E-state index contributed by atoms with van der Waals surface area (Å²) in [7, 11) is 0. The first-order chi connectivity index (χ1) is 10.4. The molecule has 1 aromatic heterocycles. The van der Waals surface area contributed by atoms with Crippen molar-refractivity contribution in [3.05, 3.63) is 72.0 Å². The minimum atomic E-state index is 0. The van der Waals surface area contributed by atoms with E-state index in [0.29, 0.717) is 5.92 Å². The number of aliphatic imine (C=N–C) groups is 1. The number of hydrogen-bond acceptors (Lipinski definition) is 3. The molecule has 5 heteroatoms. The number of hydrogen-bond donors (Lipinski definition) is 1. The van der Waals surface area contributed by atoms with Crippen molar-refractivity contribution in [3.63, 3.8) is 0 Å². The van der Waals surface area contributed by atoms with Crippen LogP contribution >= 0.6 is 12.4 Å². The number of nitrogens with zero attached hydrogens (tertiary/aromatic N) is 3. The minimum absolute atomic E-state index is 0. The Hall–Kier alpha value is -2.33. The first-order valence-electron chi connectivity index (χ1n) is 7.15. The Balaban J connectivity index is 0.00000144. The van der Waals surface area contributed by atoms with Gasteiger partial charge in [0.25, 0.3) is 0 Å². The zero-order valence-electron chi connectivity index (χ0n) is 12.0. The third-order valence-electron chi connectivity index (χ3n) is 3.97. The van der Waals surface area contributed by atoms with E-state index >= 15 is 0 Å². The van der Waals surface area contributed by atoms with Gasteiger partial charge in [0.15, 0.2) is 0 Å². The van der Waals surface area contributed by atoms with Crippen LogP contribution in [-0.2, 0) is 0 Å². The van der Waals surface area contributed by atoms with Gasteiger partial charge < -0.3 is 9.88 Å². The highest BCUT2D eigenvalue weighted by Gasteiger charge is 2.23. The molecule has 2 heterocycles. The Morgan fingerprint density at radius 1 is 1.18 bits per heavy atom. The van der Waals surface area contributed by atoms with E-state index in [1.54, 1.807) is 0 Å². The van der Waals surface area contributed by atoms with Gasteiger partial charge in [0.2, 0.25) is 0 Å². The molecule has 4 nitrogen and oxygen atoms in total. The Kier molecular flexibility index (Phi) is 4.11. The summed E-state index contributed by atoms with van der Waals surface area (Å²) in [5, 5.41) is 0. The van der Waals surface area contributed by atoms with Gasteiger partial charge in [-0.25, -0.2) is 9.98 Å². The maximum Gasteiger partial charge on any atom is 0.113 e. The molecule has 2 aliphatic rings. The molecule has 4 rings (SSSR count). The molecule has 0 saturated carbocycles. The molecule has 1 N–H and O–H groups in total. The van der Waals surface area contributed by atoms with Gasteiger partial charge in [-0.05, 0) is 30.2 Å². The maximum atomic E-state index is 4.59. The Morgan fingerprint density at radius 2 is 2.05 bits per heavy atom. The van der Waals surface area contributed by atoms with Crippen LogP contribution in [-0.4, -0.2) is 22.9 Å². The fourth-order valence-electron chi connectivity index (χ4n) is 2.87. The van der Waals surface area contributed by atoms with Gasteiger partial charge in [-0.1, -0.05) is 24.3 Å². The van der Waals surface area contributed by atoms with Gasteiger partial charge in [-0.15, -0.1) is 12.4 Å². The molecule has 0 amide bonds. The number of anilines is 1. The summed E-state index contributed by atoms with van der Waals surface area (Å²) in [6.07, 6.45) is 10.9. The third-order valence-corrected chi connectivity index (χ3v) is 3.97. The summed E-state index contributed by atoms with van der Waals surface area (Å²) in [5.41, 5.74) is 3.65. The number of halogens is 1. The van der Waals surface area contributed by atoms with Crippen LogP contribution in [0.5, 0.6) is 0 Å². The smallest absolute Gasteiger partial charge is 0.113 e. The van der Waals surface area contributed by atoms with Crippen LogP contribution in [0, 0.1) is 0 Å². The lowest BCUT2D eigenvalue weighted by molar-refractivity contribution is 0.732. The monoisotopic (exact) mass is 312 g/mol. The van der Waals surface area contributed by atoms with E-state index in [1.165, 1.54) is 11.3 Å². The first kappa shape index (κ1) is 14.6. The summed E-state index contributed by atoms with van der Waals surface area (Å²) in [5.74, 6) is 1.35. The van der Waals surface area contributed by atoms with E-state index in [9.17, 15) is 0 Å². The quantitative estimate of drug-likeness (QED) is 0.919. The normalized spacial score (nSPS) is 19.8. The van der Waals surface area contributed by atoms with Crippen LogP contribution in [0.2, 0.25) is 0 Å². The number of aromatic nitrogens is 2. The fraction of sp³-hybridized carbons (Fsp3) is 0.176. The zero-order chi connectivity index (χ0) is 14.1. The van der Waals surface area contributed by atoms with Crippen molar-refractivity contribution < 1.29 is 0 Å². The average Bonchev–Trinajstić information content (AvgIpc) is 3.09. The minimum Gasteiger partial charge on any atom is -0.348 e. The Labute approximate surface area is 135 Å². The van der Waals surface area contributed by atoms with Crippen molar-refractivity contribution in [1.29, 1.82) is 0 Å². The van der Waals surface area contributed by atoms with Gasteiger partial charge in [-0.3, -0.25) is 0 Å². The molecule has 1 aliphatic carbocycles. The second-order valence-corrected chi connectivity index (χ2v) is 5.34. The molecular formula is C17H17ClN4. The van der Waals surface area contributed by atoms with E-state index in [2.05, 4.69) is 56.3 Å². The highest BCUT2D eigenvalue weighted by Crippen LogP contribution is 2.32. The number of H-pyrrole nitrogens is 1. The molecule has 0 fully saturated rings. The van der Waals surface area contributed by atoms with Crippen molar-refractivity contribution in [2.24, 2.45) is 4.99 Å². The van der Waals surface area contributed by atoms with Crippen molar-refractivity contribution in [2.45, 2.75) is 12.3 Å². The van der Waals surface area contributed by atoms with Gasteiger partial charge in [0.1, 0.15) is 5.82 Å². The second-order valence-electron chi connectivity index (χ2n) is 5.34. The van der Waals surface area contributed by atoms with E-state index < -0.39 is 0 Å². The number of benzene rings is 1. The van der Waals surface area contributed by atoms with E-state index in [0.717, 1.165) is 24.5 Å². The van der Waals surface area contributed by atoms with Crippen LogP contribution in [0.25, 0.3) is 0 Å². The molecule has 0 spiro atoms. The molecule has 1 unspecified atom stereocenters. The summed E-state index contributed by atoms with van der Waals surface area (Å²) in [4.78, 5) is 14.4. The van der Waals surface area contributed by atoms with Crippen LogP contribution in [0.1, 0.15) is 18.2 Å². The molecule has 0 radical (unpaired) electrons. The zero-order valence-corrected chi connectivity index (χ0v) is 12.8. The van der Waals surface area contributed by atoms with Crippen LogP contribution < -0.4 is 4.90 Å². The van der Waals surface area contributed by atoms with Crippen LogP contribution in [0.3, 0.4) is 0 Å². The Morgan fingerprint density at radius 3 is 2.82 bits per heavy atom. The molecule has 2 aromatic rings. The predicted octanol–water partition coefficient (Wildman–Crippen LogP) is 3.68. The van der Waals surface area contributed by atoms with Crippen molar-refractivity contribution in [1.82, 2.24) is 9.97 Å². The van der Waals surface area contributed by atoms with Crippen LogP contribution in [0.4, 0.5) is 5.69 Å².